The predicted molar refractivity (Wildman–Crippen MR) is 41.0 cm³/mol. The van der Waals surface area contributed by atoms with Gasteiger partial charge in [0.2, 0.25) is 0 Å². The van der Waals surface area contributed by atoms with Crippen LogP contribution in [0.5, 0.6) is 0 Å². The van der Waals surface area contributed by atoms with Crippen LogP contribution in [-0.4, -0.2) is 22.5 Å². The Morgan fingerprint density at radius 1 is 1.70 bits per heavy atom. The molecular weight excluding hydrogens is 150 g/mol. The van der Waals surface area contributed by atoms with Crippen LogP contribution in [0, 0.1) is 0 Å². The average molecular weight is 160 g/mol. The smallest absolute Gasteiger partial charge is 0.0921 e. The highest BCUT2D eigenvalue weighted by molar-refractivity contribution is 6.17. The molecule has 4 heteroatoms. The van der Waals surface area contributed by atoms with E-state index in [9.17, 15) is 0 Å². The number of hydrogen-bond acceptors (Lipinski definition) is 2. The highest BCUT2D eigenvalue weighted by Crippen LogP contribution is 1.89. The fourth-order valence-corrected chi connectivity index (χ4v) is 0.845. The Balaban J connectivity index is 2.15. The lowest BCUT2D eigenvalue weighted by molar-refractivity contribution is 0.760. The maximum Gasteiger partial charge on any atom is 0.0921 e. The highest BCUT2D eigenvalue weighted by Gasteiger charge is 1.90. The third kappa shape index (κ3) is 2.37. The van der Waals surface area contributed by atoms with Gasteiger partial charge < -0.3 is 10.3 Å². The Hall–Kier alpha value is -0.540. The van der Waals surface area contributed by atoms with Crippen LogP contribution in [0.3, 0.4) is 0 Å². The van der Waals surface area contributed by atoms with E-state index >= 15 is 0 Å². The summed E-state index contributed by atoms with van der Waals surface area (Å²) in [4.78, 5) is 6.89. The minimum Gasteiger partial charge on any atom is -0.348 e. The number of aromatic nitrogens is 2. The molecule has 0 amide bonds. The fraction of sp³-hybridized carbons (Fsp3) is 0.500. The number of alkyl halides is 1. The number of rotatable bonds is 4. The molecule has 1 heterocycles. The molecule has 0 atom stereocenters. The van der Waals surface area contributed by atoms with Crippen LogP contribution in [0.4, 0.5) is 0 Å². The molecule has 0 fully saturated rings. The summed E-state index contributed by atoms with van der Waals surface area (Å²) in [5, 5.41) is 3.00. The molecule has 2 N–H and O–H groups in total. The first kappa shape index (κ1) is 7.57. The third-order valence-electron chi connectivity index (χ3n) is 1.22. The van der Waals surface area contributed by atoms with Crippen molar-refractivity contribution >= 4 is 11.6 Å². The summed E-state index contributed by atoms with van der Waals surface area (Å²) >= 11 is 5.40. The van der Waals surface area contributed by atoms with Gasteiger partial charge in [0.25, 0.3) is 0 Å². The van der Waals surface area contributed by atoms with Gasteiger partial charge in [-0.1, -0.05) is 0 Å². The van der Waals surface area contributed by atoms with Gasteiger partial charge in [-0.2, -0.15) is 0 Å². The Labute approximate surface area is 64.8 Å². The summed E-state index contributed by atoms with van der Waals surface area (Å²) in [7, 11) is 0. The molecule has 1 aromatic rings. The molecular formula is C6H10ClN3. The quantitative estimate of drug-likeness (QED) is 0.387. The first-order valence-corrected chi connectivity index (χ1v) is 3.71. The summed E-state index contributed by atoms with van der Waals surface area (Å²) in [5.74, 6) is 0. The van der Waals surface area contributed by atoms with Crippen LogP contribution in [0.1, 0.15) is 5.69 Å². The number of aromatic amines is 1. The van der Waals surface area contributed by atoms with Crippen molar-refractivity contribution in [3.05, 3.63) is 18.2 Å². The summed E-state index contributed by atoms with van der Waals surface area (Å²) < 4.78 is 0. The second kappa shape index (κ2) is 4.30. The molecule has 56 valence electrons. The van der Waals surface area contributed by atoms with E-state index in [4.69, 9.17) is 11.6 Å². The van der Waals surface area contributed by atoms with E-state index in [1.54, 1.807) is 6.33 Å². The average Bonchev–Trinajstić information content (AvgIpc) is 2.41. The summed E-state index contributed by atoms with van der Waals surface area (Å²) in [6.07, 6.45) is 4.44. The summed E-state index contributed by atoms with van der Waals surface area (Å²) in [6, 6.07) is 0.508. The number of halogens is 1. The molecule has 0 aliphatic rings. The van der Waals surface area contributed by atoms with Crippen molar-refractivity contribution in [2.45, 2.75) is 6.42 Å². The van der Waals surface area contributed by atoms with Crippen molar-refractivity contribution in [1.82, 2.24) is 15.3 Å². The van der Waals surface area contributed by atoms with Gasteiger partial charge in [-0.3, -0.25) is 0 Å². The second-order valence-electron chi connectivity index (χ2n) is 1.96. The molecule has 1 aromatic heterocycles. The molecule has 0 aliphatic heterocycles. The normalized spacial score (nSPS) is 10.1. The lowest BCUT2D eigenvalue weighted by atomic mass is 10.3. The topological polar surface area (TPSA) is 40.7 Å². The first-order chi connectivity index (χ1) is 4.93. The molecule has 0 bridgehead atoms. The lowest BCUT2D eigenvalue weighted by Crippen LogP contribution is -2.14. The molecule has 0 aliphatic carbocycles. The van der Waals surface area contributed by atoms with E-state index in [0.717, 1.165) is 18.7 Å². The van der Waals surface area contributed by atoms with E-state index in [1.165, 1.54) is 0 Å². The van der Waals surface area contributed by atoms with Gasteiger partial charge in [-0.15, -0.1) is 11.6 Å². The van der Waals surface area contributed by atoms with Gasteiger partial charge in [-0.05, 0) is 0 Å². The van der Waals surface area contributed by atoms with Crippen LogP contribution < -0.4 is 5.32 Å². The number of H-pyrrole nitrogens is 1. The maximum absolute atomic E-state index is 5.40. The van der Waals surface area contributed by atoms with Gasteiger partial charge >= 0.3 is 0 Å². The van der Waals surface area contributed by atoms with Crippen LogP contribution in [0.25, 0.3) is 0 Å². The fourth-order valence-electron chi connectivity index (χ4n) is 0.711. The summed E-state index contributed by atoms with van der Waals surface area (Å²) in [6.45, 7) is 0.895. The van der Waals surface area contributed by atoms with E-state index in [0.29, 0.717) is 6.00 Å². The first-order valence-electron chi connectivity index (χ1n) is 3.17. The van der Waals surface area contributed by atoms with Gasteiger partial charge in [0.15, 0.2) is 0 Å². The Morgan fingerprint density at radius 2 is 2.60 bits per heavy atom. The summed E-state index contributed by atoms with van der Waals surface area (Å²) in [5.41, 5.74) is 1.14. The molecule has 0 aromatic carbocycles. The van der Waals surface area contributed by atoms with Crippen LogP contribution in [0.15, 0.2) is 12.5 Å². The molecule has 3 nitrogen and oxygen atoms in total. The van der Waals surface area contributed by atoms with Gasteiger partial charge in [-0.25, -0.2) is 4.98 Å². The van der Waals surface area contributed by atoms with E-state index in [-0.39, 0.29) is 0 Å². The van der Waals surface area contributed by atoms with E-state index in [2.05, 4.69) is 15.3 Å². The van der Waals surface area contributed by atoms with Crippen molar-refractivity contribution in [3.8, 4) is 0 Å². The van der Waals surface area contributed by atoms with Crippen molar-refractivity contribution in [2.75, 3.05) is 12.5 Å². The number of imidazole rings is 1. The zero-order valence-corrected chi connectivity index (χ0v) is 6.36. The largest absolute Gasteiger partial charge is 0.348 e. The van der Waals surface area contributed by atoms with Crippen LogP contribution in [0.2, 0.25) is 0 Å². The number of hydrogen-bond donors (Lipinski definition) is 2. The van der Waals surface area contributed by atoms with Crippen molar-refractivity contribution < 1.29 is 0 Å². The molecule has 0 saturated carbocycles. The predicted octanol–water partition coefficient (Wildman–Crippen LogP) is 0.738. The standard InChI is InChI=1S/C6H10ClN3/c7-4-8-2-1-6-3-9-5-10-6/h3,5,8H,1-2,4H2,(H,9,10). The van der Waals surface area contributed by atoms with E-state index < -0.39 is 0 Å². The minimum atomic E-state index is 0.508. The van der Waals surface area contributed by atoms with Crippen LogP contribution >= 0.6 is 11.6 Å². The highest BCUT2D eigenvalue weighted by atomic mass is 35.5. The Kier molecular flexibility index (Phi) is 3.26. The van der Waals surface area contributed by atoms with Crippen molar-refractivity contribution in [2.24, 2.45) is 0 Å². The maximum atomic E-state index is 5.40. The van der Waals surface area contributed by atoms with Crippen molar-refractivity contribution in [3.63, 3.8) is 0 Å². The second-order valence-corrected chi connectivity index (χ2v) is 2.23. The lowest BCUT2D eigenvalue weighted by Gasteiger charge is -1.96. The number of nitrogens with one attached hydrogen (secondary N) is 2. The number of nitrogens with zero attached hydrogens (tertiary/aromatic N) is 1. The molecule has 0 spiro atoms. The van der Waals surface area contributed by atoms with Crippen LogP contribution in [-0.2, 0) is 6.42 Å². The zero-order valence-electron chi connectivity index (χ0n) is 5.60. The van der Waals surface area contributed by atoms with Gasteiger partial charge in [0.1, 0.15) is 0 Å². The molecule has 0 radical (unpaired) electrons. The van der Waals surface area contributed by atoms with Gasteiger partial charge in [0.05, 0.1) is 12.3 Å². The Morgan fingerprint density at radius 3 is 3.20 bits per heavy atom. The molecule has 10 heavy (non-hydrogen) atoms. The Bertz CT molecular complexity index is 162. The molecule has 1 rings (SSSR count). The van der Waals surface area contributed by atoms with E-state index in [1.807, 2.05) is 6.20 Å². The monoisotopic (exact) mass is 159 g/mol. The van der Waals surface area contributed by atoms with Gasteiger partial charge in [0, 0.05) is 24.9 Å². The minimum absolute atomic E-state index is 0.508. The zero-order chi connectivity index (χ0) is 7.23. The molecule has 0 unspecified atom stereocenters. The van der Waals surface area contributed by atoms with Crippen molar-refractivity contribution in [1.29, 1.82) is 0 Å². The third-order valence-corrected chi connectivity index (χ3v) is 1.41. The SMILES string of the molecule is ClCNCCc1cnc[nH]1. The molecule has 0 saturated heterocycles.